The van der Waals surface area contributed by atoms with Crippen LogP contribution in [0.25, 0.3) is 0 Å². The molecule has 26 heavy (non-hydrogen) atoms. The van der Waals surface area contributed by atoms with Crippen molar-refractivity contribution in [1.29, 1.82) is 0 Å². The maximum atomic E-state index is 12.0. The quantitative estimate of drug-likeness (QED) is 0.733. The largest absolute Gasteiger partial charge is 0.414 e. The first-order valence-electron chi connectivity index (χ1n) is 9.16. The van der Waals surface area contributed by atoms with Gasteiger partial charge in [-0.25, -0.2) is 4.79 Å². The minimum absolute atomic E-state index is 0.0723. The number of nitrogens with zero attached hydrogens (tertiary/aromatic N) is 1. The minimum Gasteiger partial charge on any atom is -0.414 e. The van der Waals surface area contributed by atoms with Gasteiger partial charge in [0.1, 0.15) is 12.3 Å². The van der Waals surface area contributed by atoms with E-state index in [1.165, 1.54) is 10.8 Å². The van der Waals surface area contributed by atoms with Crippen molar-refractivity contribution in [2.45, 2.75) is 77.6 Å². The summed E-state index contributed by atoms with van der Waals surface area (Å²) in [6, 6.07) is 0. The van der Waals surface area contributed by atoms with Gasteiger partial charge in [0.15, 0.2) is 8.32 Å². The second-order valence-corrected chi connectivity index (χ2v) is 13.2. The third-order valence-electron chi connectivity index (χ3n) is 6.26. The van der Waals surface area contributed by atoms with E-state index in [1.54, 1.807) is 6.92 Å². The van der Waals surface area contributed by atoms with Crippen LogP contribution in [0.4, 0.5) is 0 Å². The number of aliphatic hydroxyl groups is 1. The number of ether oxygens (including phenoxy) is 1. The molecule has 1 fully saturated rings. The van der Waals surface area contributed by atoms with Gasteiger partial charge in [-0.3, -0.25) is 14.3 Å². The topological polar surface area (TPSA) is 93.6 Å². The lowest BCUT2D eigenvalue weighted by Gasteiger charge is -2.43. The number of aryl methyl sites for hydroxylation is 1. The van der Waals surface area contributed by atoms with E-state index < -0.39 is 38.0 Å². The Hall–Kier alpha value is -1.22. The molecule has 7 nitrogen and oxygen atoms in total. The van der Waals surface area contributed by atoms with E-state index in [-0.39, 0.29) is 11.5 Å². The van der Waals surface area contributed by atoms with Crippen LogP contribution in [0.2, 0.25) is 18.1 Å². The Morgan fingerprint density at radius 2 is 2.04 bits per heavy atom. The van der Waals surface area contributed by atoms with E-state index in [1.807, 2.05) is 0 Å². The van der Waals surface area contributed by atoms with Crippen molar-refractivity contribution in [2.24, 2.45) is 5.92 Å². The van der Waals surface area contributed by atoms with E-state index in [9.17, 15) is 14.7 Å². The summed E-state index contributed by atoms with van der Waals surface area (Å²) in [5.41, 5.74) is -0.516. The van der Waals surface area contributed by atoms with Crippen LogP contribution in [0.15, 0.2) is 15.8 Å². The van der Waals surface area contributed by atoms with Crippen molar-refractivity contribution in [3.8, 4) is 0 Å². The Morgan fingerprint density at radius 1 is 1.42 bits per heavy atom. The summed E-state index contributed by atoms with van der Waals surface area (Å²) < 4.78 is 13.5. The van der Waals surface area contributed by atoms with E-state index in [0.29, 0.717) is 18.1 Å². The summed E-state index contributed by atoms with van der Waals surface area (Å²) >= 11 is 0. The van der Waals surface area contributed by atoms with Crippen LogP contribution >= 0.6 is 0 Å². The second-order valence-electron chi connectivity index (χ2n) is 8.61. The van der Waals surface area contributed by atoms with Crippen molar-refractivity contribution in [2.75, 3.05) is 6.61 Å². The number of hydrogen-bond acceptors (Lipinski definition) is 5. The molecule has 0 radical (unpaired) electrons. The molecule has 0 aliphatic carbocycles. The van der Waals surface area contributed by atoms with Gasteiger partial charge >= 0.3 is 5.69 Å². The number of aliphatic hydroxyl groups excluding tert-OH is 1. The smallest absolute Gasteiger partial charge is 0.330 e. The van der Waals surface area contributed by atoms with Crippen LogP contribution in [-0.2, 0) is 9.16 Å². The molecule has 148 valence electrons. The first kappa shape index (κ1) is 21.1. The van der Waals surface area contributed by atoms with Crippen LogP contribution in [0, 0.1) is 12.8 Å². The van der Waals surface area contributed by atoms with Crippen LogP contribution in [0.5, 0.6) is 0 Å². The number of aromatic amines is 1. The second kappa shape index (κ2) is 7.42. The molecule has 1 aliphatic rings. The third-order valence-corrected chi connectivity index (χ3v) is 10.8. The highest BCUT2D eigenvalue weighted by atomic mass is 28.4. The number of hydrogen-bond donors (Lipinski definition) is 2. The first-order valence-corrected chi connectivity index (χ1v) is 12.1. The standard InChI is InChI=1S/C18H32N2O5Si/c1-11(2)18(4,5)26(6,7)24-10-14-13(21)8-15(25-14)20-9-12(3)16(22)19-17(20)23/h9,11,13-15,21H,8,10H2,1-7H3,(H,19,22,23)/t13-,14+,15+/m0/s1. The summed E-state index contributed by atoms with van der Waals surface area (Å²) in [5, 5.41) is 10.4. The Labute approximate surface area is 155 Å². The van der Waals surface area contributed by atoms with Gasteiger partial charge in [0.25, 0.3) is 5.56 Å². The van der Waals surface area contributed by atoms with Crippen LogP contribution in [-0.4, -0.2) is 41.8 Å². The molecule has 8 heteroatoms. The summed E-state index contributed by atoms with van der Waals surface area (Å²) in [6.45, 7) is 15.1. The fraction of sp³-hybridized carbons (Fsp3) is 0.778. The Kier molecular flexibility index (Phi) is 6.02. The molecule has 2 rings (SSSR count). The van der Waals surface area contributed by atoms with Gasteiger partial charge < -0.3 is 14.3 Å². The van der Waals surface area contributed by atoms with Gasteiger partial charge in [-0.05, 0) is 31.0 Å². The van der Waals surface area contributed by atoms with Crippen molar-refractivity contribution < 1.29 is 14.3 Å². The average Bonchev–Trinajstić information content (AvgIpc) is 2.89. The van der Waals surface area contributed by atoms with Crippen molar-refractivity contribution in [3.63, 3.8) is 0 Å². The van der Waals surface area contributed by atoms with Crippen LogP contribution in [0.3, 0.4) is 0 Å². The van der Waals surface area contributed by atoms with Gasteiger partial charge in [0, 0.05) is 18.2 Å². The first-order chi connectivity index (χ1) is 11.9. The molecular weight excluding hydrogens is 352 g/mol. The van der Waals surface area contributed by atoms with Crippen molar-refractivity contribution >= 4 is 8.32 Å². The molecule has 1 aliphatic heterocycles. The van der Waals surface area contributed by atoms with Crippen LogP contribution in [0.1, 0.15) is 45.9 Å². The predicted molar refractivity (Wildman–Crippen MR) is 103 cm³/mol. The SMILES string of the molecule is Cc1cn([C@H]2C[C@H](O)[C@@H](CO[Si](C)(C)C(C)(C)C(C)C)O2)c(=O)[nH]c1=O. The number of H-pyrrole nitrogens is 1. The summed E-state index contributed by atoms with van der Waals surface area (Å²) in [6.07, 6.45) is -0.0540. The van der Waals surface area contributed by atoms with Gasteiger partial charge in [-0.1, -0.05) is 27.7 Å². The number of nitrogens with one attached hydrogen (secondary N) is 1. The number of aromatic nitrogens is 2. The van der Waals surface area contributed by atoms with Crippen molar-refractivity contribution in [1.82, 2.24) is 9.55 Å². The Bertz CT molecular complexity index is 753. The van der Waals surface area contributed by atoms with E-state index in [4.69, 9.17) is 9.16 Å². The molecule has 2 N–H and O–H groups in total. The molecule has 0 saturated carbocycles. The summed E-state index contributed by atoms with van der Waals surface area (Å²) in [4.78, 5) is 25.8. The lowest BCUT2D eigenvalue weighted by atomic mass is 9.99. The number of rotatable bonds is 6. The monoisotopic (exact) mass is 384 g/mol. The molecule has 2 heterocycles. The molecular formula is C18H32N2O5Si. The zero-order chi connectivity index (χ0) is 19.9. The highest BCUT2D eigenvalue weighted by molar-refractivity contribution is 6.74. The maximum absolute atomic E-state index is 12.0. The fourth-order valence-electron chi connectivity index (χ4n) is 3.01. The Balaban J connectivity index is 2.09. The lowest BCUT2D eigenvalue weighted by molar-refractivity contribution is -0.0436. The van der Waals surface area contributed by atoms with Crippen LogP contribution < -0.4 is 11.2 Å². The molecule has 0 spiro atoms. The molecule has 0 unspecified atom stereocenters. The Morgan fingerprint density at radius 3 is 2.62 bits per heavy atom. The summed E-state index contributed by atoms with van der Waals surface area (Å²) in [5.74, 6) is 0.481. The van der Waals surface area contributed by atoms with Gasteiger partial charge in [0.05, 0.1) is 12.7 Å². The van der Waals surface area contributed by atoms with Gasteiger partial charge in [-0.2, -0.15) is 0 Å². The normalized spacial score (nSPS) is 24.4. The van der Waals surface area contributed by atoms with Gasteiger partial charge in [0.2, 0.25) is 0 Å². The molecule has 1 saturated heterocycles. The van der Waals surface area contributed by atoms with E-state index in [2.05, 4.69) is 45.8 Å². The molecule has 0 amide bonds. The maximum Gasteiger partial charge on any atom is 0.330 e. The average molecular weight is 385 g/mol. The molecule has 0 aromatic carbocycles. The van der Waals surface area contributed by atoms with Crippen molar-refractivity contribution in [3.05, 3.63) is 32.6 Å². The summed E-state index contributed by atoms with van der Waals surface area (Å²) in [7, 11) is -2.03. The fourth-order valence-corrected chi connectivity index (χ4v) is 5.35. The van der Waals surface area contributed by atoms with E-state index in [0.717, 1.165) is 0 Å². The zero-order valence-electron chi connectivity index (χ0n) is 16.8. The molecule has 3 atom stereocenters. The van der Waals surface area contributed by atoms with E-state index >= 15 is 0 Å². The molecule has 0 bridgehead atoms. The molecule has 1 aromatic heterocycles. The highest BCUT2D eigenvalue weighted by Gasteiger charge is 2.45. The minimum atomic E-state index is -2.03. The lowest BCUT2D eigenvalue weighted by Crippen LogP contribution is -2.47. The highest BCUT2D eigenvalue weighted by Crippen LogP contribution is 2.45. The van der Waals surface area contributed by atoms with Gasteiger partial charge in [-0.15, -0.1) is 0 Å². The zero-order valence-corrected chi connectivity index (χ0v) is 17.8. The molecule has 1 aromatic rings. The predicted octanol–water partition coefficient (Wildman–Crippen LogP) is 2.15. The third kappa shape index (κ3) is 4.03.